The van der Waals surface area contributed by atoms with Gasteiger partial charge in [-0.3, -0.25) is 9.89 Å². The lowest BCUT2D eigenvalue weighted by Gasteiger charge is -2.23. The predicted octanol–water partition coefficient (Wildman–Crippen LogP) is 1.48. The van der Waals surface area contributed by atoms with Crippen LogP contribution in [0.15, 0.2) is 35.7 Å². The number of esters is 1. The van der Waals surface area contributed by atoms with Crippen LogP contribution >= 0.6 is 0 Å². The number of methoxy groups -OCH3 is 1. The maximum absolute atomic E-state index is 13.2. The molecule has 0 saturated heterocycles. The number of hydrogen-bond donors (Lipinski definition) is 2. The van der Waals surface area contributed by atoms with Crippen LogP contribution in [0.2, 0.25) is 0 Å². The summed E-state index contributed by atoms with van der Waals surface area (Å²) in [5.41, 5.74) is 7.58. The monoisotopic (exact) mass is 328 g/mol. The van der Waals surface area contributed by atoms with Crippen molar-refractivity contribution in [3.63, 3.8) is 0 Å². The molecule has 1 aliphatic rings. The van der Waals surface area contributed by atoms with Crippen molar-refractivity contribution in [2.24, 2.45) is 5.73 Å². The molecule has 0 amide bonds. The van der Waals surface area contributed by atoms with Gasteiger partial charge in [0.25, 0.3) is 0 Å². The fourth-order valence-electron chi connectivity index (χ4n) is 2.65. The van der Waals surface area contributed by atoms with Crippen molar-refractivity contribution in [1.82, 2.24) is 10.2 Å². The number of allylic oxidation sites excluding steroid dienone is 1. The number of H-pyrrole nitrogens is 1. The number of hydrogen-bond acceptors (Lipinski definition) is 6. The fraction of sp³-hybridized carbons (Fsp3) is 0.188. The number of ether oxygens (including phenoxy) is 2. The van der Waals surface area contributed by atoms with Gasteiger partial charge in [-0.2, -0.15) is 5.26 Å². The largest absolute Gasteiger partial charge is 0.469 e. The quantitative estimate of drug-likeness (QED) is 0.825. The molecule has 1 atom stereocenters. The molecule has 2 heterocycles. The lowest BCUT2D eigenvalue weighted by atomic mass is 9.83. The topological polar surface area (TPSA) is 114 Å². The van der Waals surface area contributed by atoms with E-state index in [0.717, 1.165) is 0 Å². The second kappa shape index (κ2) is 6.04. The van der Waals surface area contributed by atoms with Gasteiger partial charge >= 0.3 is 5.97 Å². The lowest BCUT2D eigenvalue weighted by molar-refractivity contribution is -0.139. The van der Waals surface area contributed by atoms with E-state index in [1.807, 2.05) is 6.07 Å². The Bertz CT molecular complexity index is 864. The SMILES string of the molecule is COC(=O)Cc1[nH]nc2c1[C@@H](c1ccc(F)cc1)C(C#N)=C(N)O2. The molecule has 0 unspecified atom stereocenters. The number of benzene rings is 1. The molecule has 3 N–H and O–H groups in total. The second-order valence-electron chi connectivity index (χ2n) is 5.15. The third-order valence-electron chi connectivity index (χ3n) is 3.77. The fourth-order valence-corrected chi connectivity index (χ4v) is 2.65. The molecule has 0 aliphatic carbocycles. The number of nitrogens with zero attached hydrogens (tertiary/aromatic N) is 2. The van der Waals surface area contributed by atoms with Crippen molar-refractivity contribution >= 4 is 5.97 Å². The van der Waals surface area contributed by atoms with Gasteiger partial charge in [-0.1, -0.05) is 12.1 Å². The number of aromatic nitrogens is 2. The molecule has 1 aromatic heterocycles. The highest BCUT2D eigenvalue weighted by Gasteiger charge is 2.35. The molecule has 122 valence electrons. The maximum atomic E-state index is 13.2. The summed E-state index contributed by atoms with van der Waals surface area (Å²) in [6.45, 7) is 0. The van der Waals surface area contributed by atoms with Crippen LogP contribution in [0.25, 0.3) is 0 Å². The van der Waals surface area contributed by atoms with Crippen molar-refractivity contribution in [3.8, 4) is 11.9 Å². The lowest BCUT2D eigenvalue weighted by Crippen LogP contribution is -2.21. The standard InChI is InChI=1S/C16H13FN4O3/c1-23-12(22)6-11-14-13(8-2-4-9(17)5-3-8)10(7-18)15(19)24-16(14)21-20-11/h2-5,13H,6,19H2,1H3,(H,20,21)/t13-/m0/s1. The van der Waals surface area contributed by atoms with E-state index in [-0.39, 0.29) is 23.8 Å². The van der Waals surface area contributed by atoms with Crippen LogP contribution in [0.4, 0.5) is 4.39 Å². The number of rotatable bonds is 3. The average Bonchev–Trinajstić information content (AvgIpc) is 2.96. The highest BCUT2D eigenvalue weighted by molar-refractivity contribution is 5.73. The molecule has 7 nitrogen and oxygen atoms in total. The van der Waals surface area contributed by atoms with Gasteiger partial charge in [0.15, 0.2) is 0 Å². The predicted molar refractivity (Wildman–Crippen MR) is 80.0 cm³/mol. The van der Waals surface area contributed by atoms with E-state index in [1.54, 1.807) is 12.1 Å². The molecule has 24 heavy (non-hydrogen) atoms. The van der Waals surface area contributed by atoms with E-state index in [9.17, 15) is 14.4 Å². The van der Waals surface area contributed by atoms with Gasteiger partial charge in [-0.25, -0.2) is 4.39 Å². The Morgan fingerprint density at radius 2 is 2.21 bits per heavy atom. The van der Waals surface area contributed by atoms with E-state index in [4.69, 9.17) is 10.5 Å². The summed E-state index contributed by atoms with van der Waals surface area (Å²) in [5, 5.41) is 16.2. The summed E-state index contributed by atoms with van der Waals surface area (Å²) >= 11 is 0. The number of nitriles is 1. The summed E-state index contributed by atoms with van der Waals surface area (Å²) in [6, 6.07) is 7.70. The van der Waals surface area contributed by atoms with Gasteiger partial charge in [-0.15, -0.1) is 5.10 Å². The molecule has 1 aromatic carbocycles. The molecule has 0 radical (unpaired) electrons. The number of halogens is 1. The third kappa shape index (κ3) is 2.56. The van der Waals surface area contributed by atoms with E-state index >= 15 is 0 Å². The van der Waals surface area contributed by atoms with Crippen LogP contribution in [0.5, 0.6) is 5.88 Å². The molecule has 0 bridgehead atoms. The van der Waals surface area contributed by atoms with Crippen molar-refractivity contribution < 1.29 is 18.7 Å². The second-order valence-corrected chi connectivity index (χ2v) is 5.15. The minimum atomic E-state index is -0.613. The Balaban J connectivity index is 2.15. The minimum absolute atomic E-state index is 0.0709. The molecule has 0 saturated carbocycles. The molecule has 0 spiro atoms. The van der Waals surface area contributed by atoms with Crippen molar-refractivity contribution in [2.75, 3.05) is 7.11 Å². The molecule has 8 heteroatoms. The molecule has 0 fully saturated rings. The van der Waals surface area contributed by atoms with Gasteiger partial charge in [0.05, 0.1) is 30.7 Å². The highest BCUT2D eigenvalue weighted by atomic mass is 19.1. The number of aromatic amines is 1. The Morgan fingerprint density at radius 3 is 2.83 bits per heavy atom. The van der Waals surface area contributed by atoms with Gasteiger partial charge in [0.2, 0.25) is 11.8 Å². The van der Waals surface area contributed by atoms with Crippen LogP contribution in [0.3, 0.4) is 0 Å². The average molecular weight is 328 g/mol. The molecular formula is C16H13FN4O3. The van der Waals surface area contributed by atoms with Gasteiger partial charge < -0.3 is 15.2 Å². The summed E-state index contributed by atoms with van der Waals surface area (Å²) in [7, 11) is 1.28. The van der Waals surface area contributed by atoms with Crippen LogP contribution in [0.1, 0.15) is 22.7 Å². The summed E-state index contributed by atoms with van der Waals surface area (Å²) in [4.78, 5) is 11.6. The first-order valence-corrected chi connectivity index (χ1v) is 7.02. The molecule has 3 rings (SSSR count). The molecular weight excluding hydrogens is 315 g/mol. The first kappa shape index (κ1) is 15.6. The van der Waals surface area contributed by atoms with E-state index in [1.165, 1.54) is 19.2 Å². The van der Waals surface area contributed by atoms with Crippen molar-refractivity contribution in [2.45, 2.75) is 12.3 Å². The summed E-state index contributed by atoms with van der Waals surface area (Å²) in [5.74, 6) is -1.38. The number of carbonyl (C=O) groups excluding carboxylic acids is 1. The van der Waals surface area contributed by atoms with Gasteiger partial charge in [0, 0.05) is 0 Å². The van der Waals surface area contributed by atoms with E-state index in [2.05, 4.69) is 14.9 Å². The minimum Gasteiger partial charge on any atom is -0.469 e. The summed E-state index contributed by atoms with van der Waals surface area (Å²) in [6.07, 6.45) is -0.0709. The van der Waals surface area contributed by atoms with Crippen LogP contribution in [-0.4, -0.2) is 23.3 Å². The van der Waals surface area contributed by atoms with Crippen molar-refractivity contribution in [1.29, 1.82) is 5.26 Å². The van der Waals surface area contributed by atoms with Crippen LogP contribution in [-0.2, 0) is 16.0 Å². The normalized spacial score (nSPS) is 16.1. The zero-order chi connectivity index (χ0) is 17.3. The highest BCUT2D eigenvalue weighted by Crippen LogP contribution is 2.42. The van der Waals surface area contributed by atoms with Crippen LogP contribution in [0, 0.1) is 17.1 Å². The first-order chi connectivity index (χ1) is 11.5. The Kier molecular flexibility index (Phi) is 3.92. The van der Waals surface area contributed by atoms with E-state index < -0.39 is 17.7 Å². The van der Waals surface area contributed by atoms with Crippen molar-refractivity contribution in [3.05, 3.63) is 58.4 Å². The number of nitrogens with two attached hydrogens (primary N) is 1. The smallest absolute Gasteiger partial charge is 0.311 e. The summed E-state index contributed by atoms with van der Waals surface area (Å²) < 4.78 is 23.3. The van der Waals surface area contributed by atoms with Gasteiger partial charge in [-0.05, 0) is 17.7 Å². The number of nitrogens with one attached hydrogen (secondary N) is 1. The van der Waals surface area contributed by atoms with Crippen LogP contribution < -0.4 is 10.5 Å². The Labute approximate surface area is 136 Å². The zero-order valence-corrected chi connectivity index (χ0v) is 12.7. The molecule has 1 aliphatic heterocycles. The maximum Gasteiger partial charge on any atom is 0.311 e. The Morgan fingerprint density at radius 1 is 1.50 bits per heavy atom. The number of carbonyl (C=O) groups is 1. The first-order valence-electron chi connectivity index (χ1n) is 7.02. The van der Waals surface area contributed by atoms with Gasteiger partial charge in [0.1, 0.15) is 17.5 Å². The third-order valence-corrected chi connectivity index (χ3v) is 3.77. The molecule has 2 aromatic rings. The zero-order valence-electron chi connectivity index (χ0n) is 12.7. The van der Waals surface area contributed by atoms with E-state index in [0.29, 0.717) is 16.8 Å². The number of fused-ring (bicyclic) bond motifs is 1. The Hall–Kier alpha value is -3.34.